The second-order valence-electron chi connectivity index (χ2n) is 4.66. The summed E-state index contributed by atoms with van der Waals surface area (Å²) in [7, 11) is 0. The number of rotatable bonds is 3. The van der Waals surface area contributed by atoms with Gasteiger partial charge in [0.05, 0.1) is 4.92 Å². The third kappa shape index (κ3) is 2.88. The number of nitrogens with one attached hydrogen (secondary N) is 3. The molecule has 2 amide bonds. The molecule has 7 nitrogen and oxygen atoms in total. The van der Waals surface area contributed by atoms with Crippen LogP contribution < -0.4 is 10.6 Å². The van der Waals surface area contributed by atoms with Gasteiger partial charge in [-0.05, 0) is 36.4 Å². The Hall–Kier alpha value is -3.35. The lowest BCUT2D eigenvalue weighted by Gasteiger charge is -2.07. The highest BCUT2D eigenvalue weighted by molar-refractivity contribution is 6.01. The van der Waals surface area contributed by atoms with Crippen LogP contribution in [0, 0.1) is 10.1 Å². The Kier molecular flexibility index (Phi) is 3.45. The van der Waals surface area contributed by atoms with Gasteiger partial charge in [0.2, 0.25) is 0 Å². The molecule has 1 aromatic heterocycles. The molecule has 0 saturated carbocycles. The van der Waals surface area contributed by atoms with Gasteiger partial charge < -0.3 is 15.6 Å². The molecule has 0 atom stereocenters. The molecule has 0 aliphatic heterocycles. The molecular formula is C15H12N4O3. The smallest absolute Gasteiger partial charge is 0.323 e. The molecule has 3 N–H and O–H groups in total. The monoisotopic (exact) mass is 296 g/mol. The maximum atomic E-state index is 11.9. The van der Waals surface area contributed by atoms with Crippen LogP contribution in [0.15, 0.2) is 54.7 Å². The number of anilines is 2. The Morgan fingerprint density at radius 1 is 1.00 bits per heavy atom. The van der Waals surface area contributed by atoms with E-state index < -0.39 is 11.0 Å². The van der Waals surface area contributed by atoms with Gasteiger partial charge in [0.25, 0.3) is 5.69 Å². The highest BCUT2D eigenvalue weighted by Crippen LogP contribution is 2.19. The Labute approximate surface area is 125 Å². The van der Waals surface area contributed by atoms with Gasteiger partial charge in [0, 0.05) is 40.6 Å². The van der Waals surface area contributed by atoms with E-state index in [0.717, 1.165) is 10.9 Å². The number of nitrogens with zero attached hydrogens (tertiary/aromatic N) is 1. The number of nitro groups is 1. The first-order valence-corrected chi connectivity index (χ1v) is 6.51. The van der Waals surface area contributed by atoms with Gasteiger partial charge in [-0.3, -0.25) is 10.1 Å². The van der Waals surface area contributed by atoms with Crippen molar-refractivity contribution in [2.45, 2.75) is 0 Å². The van der Waals surface area contributed by atoms with Crippen LogP contribution in [0.2, 0.25) is 0 Å². The van der Waals surface area contributed by atoms with Crippen molar-refractivity contribution < 1.29 is 9.72 Å². The predicted octanol–water partition coefficient (Wildman–Crippen LogP) is 3.72. The summed E-state index contributed by atoms with van der Waals surface area (Å²) in [5.41, 5.74) is 2.10. The number of non-ortho nitro benzene ring substituents is 1. The minimum atomic E-state index is -0.490. The van der Waals surface area contributed by atoms with Crippen LogP contribution in [-0.2, 0) is 0 Å². The molecule has 0 unspecified atom stereocenters. The average Bonchev–Trinajstić information content (AvgIpc) is 2.95. The van der Waals surface area contributed by atoms with E-state index in [1.807, 2.05) is 24.4 Å². The standard InChI is InChI=1S/C15H12N4O3/c20-15(17-11-1-4-13(5-2-11)19(21)22)18-12-3-6-14-10(9-12)7-8-16-14/h1-9,16H,(H2,17,18,20). The fourth-order valence-corrected chi connectivity index (χ4v) is 2.09. The maximum Gasteiger partial charge on any atom is 0.323 e. The van der Waals surface area contributed by atoms with Crippen molar-refractivity contribution in [1.29, 1.82) is 0 Å². The van der Waals surface area contributed by atoms with E-state index in [9.17, 15) is 14.9 Å². The summed E-state index contributed by atoms with van der Waals surface area (Å²) in [6, 6.07) is 12.6. The number of carbonyl (C=O) groups excluding carboxylic acids is 1. The lowest BCUT2D eigenvalue weighted by Crippen LogP contribution is -2.19. The molecule has 2 aromatic carbocycles. The normalized spacial score (nSPS) is 10.4. The van der Waals surface area contributed by atoms with Gasteiger partial charge in [0.1, 0.15) is 0 Å². The summed E-state index contributed by atoms with van der Waals surface area (Å²) in [6.45, 7) is 0. The van der Waals surface area contributed by atoms with Crippen LogP contribution >= 0.6 is 0 Å². The molecule has 0 spiro atoms. The first-order valence-electron chi connectivity index (χ1n) is 6.51. The second-order valence-corrected chi connectivity index (χ2v) is 4.66. The Morgan fingerprint density at radius 3 is 2.41 bits per heavy atom. The Bertz CT molecular complexity index is 839. The summed E-state index contributed by atoms with van der Waals surface area (Å²) < 4.78 is 0. The van der Waals surface area contributed by atoms with Crippen molar-refractivity contribution in [3.8, 4) is 0 Å². The third-order valence-corrected chi connectivity index (χ3v) is 3.15. The number of carbonyl (C=O) groups is 1. The lowest BCUT2D eigenvalue weighted by molar-refractivity contribution is -0.384. The molecule has 0 radical (unpaired) electrons. The van der Waals surface area contributed by atoms with E-state index in [1.165, 1.54) is 24.3 Å². The molecule has 0 saturated heterocycles. The number of H-pyrrole nitrogens is 1. The molecule has 1 heterocycles. The number of aromatic amines is 1. The first-order chi connectivity index (χ1) is 10.6. The van der Waals surface area contributed by atoms with E-state index >= 15 is 0 Å². The van der Waals surface area contributed by atoms with E-state index in [4.69, 9.17) is 0 Å². The minimum Gasteiger partial charge on any atom is -0.361 e. The zero-order valence-corrected chi connectivity index (χ0v) is 11.4. The van der Waals surface area contributed by atoms with E-state index in [2.05, 4.69) is 15.6 Å². The Morgan fingerprint density at radius 2 is 1.68 bits per heavy atom. The van der Waals surface area contributed by atoms with Crippen molar-refractivity contribution in [2.24, 2.45) is 0 Å². The summed E-state index contributed by atoms with van der Waals surface area (Å²) in [6.07, 6.45) is 1.82. The fourth-order valence-electron chi connectivity index (χ4n) is 2.09. The van der Waals surface area contributed by atoms with Crippen molar-refractivity contribution in [3.05, 3.63) is 64.8 Å². The number of hydrogen-bond donors (Lipinski definition) is 3. The van der Waals surface area contributed by atoms with Crippen molar-refractivity contribution >= 4 is 34.0 Å². The zero-order valence-electron chi connectivity index (χ0n) is 11.4. The van der Waals surface area contributed by atoms with Gasteiger partial charge in [-0.2, -0.15) is 0 Å². The van der Waals surface area contributed by atoms with Crippen LogP contribution in [0.5, 0.6) is 0 Å². The average molecular weight is 296 g/mol. The first kappa shape index (κ1) is 13.6. The summed E-state index contributed by atoms with van der Waals surface area (Å²) in [4.78, 5) is 25.1. The largest absolute Gasteiger partial charge is 0.361 e. The van der Waals surface area contributed by atoms with Crippen LogP contribution in [0.3, 0.4) is 0 Å². The van der Waals surface area contributed by atoms with Crippen LogP contribution in [-0.4, -0.2) is 15.9 Å². The topological polar surface area (TPSA) is 100 Å². The summed E-state index contributed by atoms with van der Waals surface area (Å²) >= 11 is 0. The second kappa shape index (κ2) is 5.57. The molecule has 3 aromatic rings. The molecule has 3 rings (SSSR count). The molecule has 22 heavy (non-hydrogen) atoms. The lowest BCUT2D eigenvalue weighted by atomic mass is 10.2. The zero-order chi connectivity index (χ0) is 15.5. The van der Waals surface area contributed by atoms with Gasteiger partial charge in [-0.1, -0.05) is 0 Å². The SMILES string of the molecule is O=C(Nc1ccc([N+](=O)[O-])cc1)Nc1ccc2[nH]ccc2c1. The number of fused-ring (bicyclic) bond motifs is 1. The van der Waals surface area contributed by atoms with Crippen LogP contribution in [0.1, 0.15) is 0 Å². The van der Waals surface area contributed by atoms with Crippen molar-refractivity contribution in [1.82, 2.24) is 4.98 Å². The number of aromatic nitrogens is 1. The minimum absolute atomic E-state index is 0.0242. The van der Waals surface area contributed by atoms with E-state index in [1.54, 1.807) is 6.07 Å². The maximum absolute atomic E-state index is 11.9. The highest BCUT2D eigenvalue weighted by atomic mass is 16.6. The van der Waals surface area contributed by atoms with Gasteiger partial charge in [-0.25, -0.2) is 4.79 Å². The quantitative estimate of drug-likeness (QED) is 0.507. The number of amides is 2. The van der Waals surface area contributed by atoms with Gasteiger partial charge >= 0.3 is 6.03 Å². The van der Waals surface area contributed by atoms with Gasteiger partial charge in [-0.15, -0.1) is 0 Å². The van der Waals surface area contributed by atoms with Crippen LogP contribution in [0.4, 0.5) is 21.9 Å². The van der Waals surface area contributed by atoms with E-state index in [-0.39, 0.29) is 5.69 Å². The summed E-state index contributed by atoms with van der Waals surface area (Å²) in [5.74, 6) is 0. The molecule has 0 aliphatic rings. The highest BCUT2D eigenvalue weighted by Gasteiger charge is 2.07. The third-order valence-electron chi connectivity index (χ3n) is 3.15. The van der Waals surface area contributed by atoms with Crippen LogP contribution in [0.25, 0.3) is 10.9 Å². The molecular weight excluding hydrogens is 284 g/mol. The van der Waals surface area contributed by atoms with E-state index in [0.29, 0.717) is 11.4 Å². The summed E-state index contributed by atoms with van der Waals surface area (Å²) in [5, 5.41) is 16.9. The number of hydrogen-bond acceptors (Lipinski definition) is 3. The Balaban J connectivity index is 1.67. The molecule has 0 aliphatic carbocycles. The molecule has 0 bridgehead atoms. The molecule has 7 heteroatoms. The number of nitro benzene ring substituents is 1. The molecule has 110 valence electrons. The fraction of sp³-hybridized carbons (Fsp3) is 0. The predicted molar refractivity (Wildman–Crippen MR) is 84.0 cm³/mol. The number of urea groups is 1. The molecule has 0 fully saturated rings. The van der Waals surface area contributed by atoms with Gasteiger partial charge in [0.15, 0.2) is 0 Å². The van der Waals surface area contributed by atoms with Crippen molar-refractivity contribution in [2.75, 3.05) is 10.6 Å². The number of benzene rings is 2. The van der Waals surface area contributed by atoms with Crippen molar-refractivity contribution in [3.63, 3.8) is 0 Å².